The molecule has 0 aliphatic heterocycles. The maximum absolute atomic E-state index is 12.0. The van der Waals surface area contributed by atoms with Gasteiger partial charge in [-0.1, -0.05) is 25.1 Å². The van der Waals surface area contributed by atoms with Crippen molar-refractivity contribution < 1.29 is 9.53 Å². The van der Waals surface area contributed by atoms with Crippen molar-refractivity contribution in [3.8, 4) is 5.75 Å². The Morgan fingerprint density at radius 3 is 2.91 bits per heavy atom. The molecule has 0 saturated carbocycles. The molecule has 4 nitrogen and oxygen atoms in total. The maximum atomic E-state index is 12.0. The monoisotopic (exact) mass is 296 g/mol. The van der Waals surface area contributed by atoms with Gasteiger partial charge in [0.05, 0.1) is 0 Å². The number of carbonyl (C=O) groups is 1. The number of benzene rings is 1. The fraction of sp³-hybridized carbons (Fsp3) is 0.222. The fourth-order valence-corrected chi connectivity index (χ4v) is 1.94. The van der Waals surface area contributed by atoms with Gasteiger partial charge in [0.1, 0.15) is 12.4 Å². The number of allylic oxidation sites excluding steroid dienone is 1. The summed E-state index contributed by atoms with van der Waals surface area (Å²) in [7, 11) is 0. The molecule has 0 aliphatic rings. The summed E-state index contributed by atoms with van der Waals surface area (Å²) >= 11 is 0. The third-order valence-electron chi connectivity index (χ3n) is 3.09. The molecule has 1 amide bonds. The van der Waals surface area contributed by atoms with Crippen LogP contribution in [0, 0.1) is 0 Å². The van der Waals surface area contributed by atoms with E-state index >= 15 is 0 Å². The Hall–Kier alpha value is -2.62. The minimum Gasteiger partial charge on any atom is -0.489 e. The Balaban J connectivity index is 1.98. The lowest BCUT2D eigenvalue weighted by Crippen LogP contribution is -2.12. The zero-order valence-corrected chi connectivity index (χ0v) is 12.9. The van der Waals surface area contributed by atoms with E-state index in [1.165, 1.54) is 0 Å². The summed E-state index contributed by atoms with van der Waals surface area (Å²) in [5.74, 6) is 0.616. The first-order valence-corrected chi connectivity index (χ1v) is 7.29. The van der Waals surface area contributed by atoms with Crippen molar-refractivity contribution in [2.75, 3.05) is 5.32 Å². The largest absolute Gasteiger partial charge is 0.489 e. The zero-order chi connectivity index (χ0) is 15.8. The van der Waals surface area contributed by atoms with Crippen molar-refractivity contribution >= 4 is 11.6 Å². The number of hydrogen-bond acceptors (Lipinski definition) is 3. The van der Waals surface area contributed by atoms with Crippen LogP contribution in [0.25, 0.3) is 0 Å². The Morgan fingerprint density at radius 1 is 1.32 bits per heavy atom. The highest BCUT2D eigenvalue weighted by atomic mass is 16.5. The second-order valence-electron chi connectivity index (χ2n) is 4.93. The Kier molecular flexibility index (Phi) is 5.72. The van der Waals surface area contributed by atoms with Gasteiger partial charge in [0.15, 0.2) is 0 Å². The first kappa shape index (κ1) is 15.8. The van der Waals surface area contributed by atoms with E-state index in [9.17, 15) is 4.79 Å². The van der Waals surface area contributed by atoms with E-state index < -0.39 is 0 Å². The number of amides is 1. The lowest BCUT2D eigenvalue weighted by Gasteiger charge is -2.09. The molecule has 1 aromatic carbocycles. The number of rotatable bonds is 6. The van der Waals surface area contributed by atoms with E-state index in [1.807, 2.05) is 56.3 Å². The van der Waals surface area contributed by atoms with Crippen LogP contribution in [0.15, 0.2) is 60.4 Å². The summed E-state index contributed by atoms with van der Waals surface area (Å²) in [6.45, 7) is 4.26. The topological polar surface area (TPSA) is 51.2 Å². The molecule has 0 saturated heterocycles. The number of pyridine rings is 1. The average Bonchev–Trinajstić information content (AvgIpc) is 2.54. The maximum Gasteiger partial charge on any atom is 0.250 e. The van der Waals surface area contributed by atoms with Crippen LogP contribution in [0.5, 0.6) is 5.75 Å². The van der Waals surface area contributed by atoms with Crippen molar-refractivity contribution in [2.45, 2.75) is 26.9 Å². The van der Waals surface area contributed by atoms with Crippen molar-refractivity contribution in [1.82, 2.24) is 4.98 Å². The van der Waals surface area contributed by atoms with Crippen LogP contribution in [0.4, 0.5) is 5.69 Å². The van der Waals surface area contributed by atoms with Crippen LogP contribution in [0.2, 0.25) is 0 Å². The van der Waals surface area contributed by atoms with Gasteiger partial charge >= 0.3 is 0 Å². The van der Waals surface area contributed by atoms with Crippen LogP contribution in [-0.2, 0) is 11.4 Å². The molecule has 114 valence electrons. The van der Waals surface area contributed by atoms with E-state index in [-0.39, 0.29) is 5.91 Å². The number of carbonyl (C=O) groups excluding carboxylic acids is 1. The summed E-state index contributed by atoms with van der Waals surface area (Å²) in [4.78, 5) is 16.0. The number of nitrogens with one attached hydrogen (secondary N) is 1. The van der Waals surface area contributed by atoms with Gasteiger partial charge in [0.2, 0.25) is 0 Å². The summed E-state index contributed by atoms with van der Waals surface area (Å²) in [6.07, 6.45) is 6.24. The molecular formula is C18H20N2O2. The Labute approximate surface area is 130 Å². The van der Waals surface area contributed by atoms with E-state index in [2.05, 4.69) is 10.3 Å². The van der Waals surface area contributed by atoms with Crippen molar-refractivity contribution in [1.29, 1.82) is 0 Å². The second-order valence-corrected chi connectivity index (χ2v) is 4.93. The van der Waals surface area contributed by atoms with Gasteiger partial charge in [-0.2, -0.15) is 0 Å². The Morgan fingerprint density at radius 2 is 2.18 bits per heavy atom. The number of nitrogens with zero attached hydrogens (tertiary/aromatic N) is 1. The van der Waals surface area contributed by atoms with Crippen LogP contribution < -0.4 is 10.1 Å². The number of anilines is 1. The molecular weight excluding hydrogens is 276 g/mol. The third-order valence-corrected chi connectivity index (χ3v) is 3.09. The average molecular weight is 296 g/mol. The molecule has 0 spiro atoms. The molecule has 1 aromatic heterocycles. The number of hydrogen-bond donors (Lipinski definition) is 1. The molecule has 0 aliphatic carbocycles. The minimum atomic E-state index is -0.0914. The van der Waals surface area contributed by atoms with Gasteiger partial charge in [0, 0.05) is 35.3 Å². The summed E-state index contributed by atoms with van der Waals surface area (Å²) in [5, 5.41) is 2.87. The molecule has 0 atom stereocenters. The normalized spacial score (nSPS) is 11.1. The Bertz CT molecular complexity index is 651. The SMILES string of the molecule is CC/C=C(\C)C(=O)Nc1cccc(OCc2cccnc2)c1. The molecule has 4 heteroatoms. The predicted molar refractivity (Wildman–Crippen MR) is 87.7 cm³/mol. The van der Waals surface area contributed by atoms with Crippen LogP contribution in [0.3, 0.4) is 0 Å². The second kappa shape index (κ2) is 7.98. The smallest absolute Gasteiger partial charge is 0.250 e. The van der Waals surface area contributed by atoms with Crippen LogP contribution in [0.1, 0.15) is 25.8 Å². The molecule has 2 aromatic rings. The standard InChI is InChI=1S/C18H20N2O2/c1-3-6-14(2)18(21)20-16-8-4-9-17(11-16)22-13-15-7-5-10-19-12-15/h4-12H,3,13H2,1-2H3,(H,20,21)/b14-6+. The highest BCUT2D eigenvalue weighted by molar-refractivity contribution is 6.03. The van der Waals surface area contributed by atoms with Crippen molar-refractivity contribution in [3.05, 3.63) is 66.0 Å². The predicted octanol–water partition coefficient (Wildman–Crippen LogP) is 3.96. The highest BCUT2D eigenvalue weighted by Crippen LogP contribution is 2.19. The van der Waals surface area contributed by atoms with Crippen molar-refractivity contribution in [3.63, 3.8) is 0 Å². The van der Waals surface area contributed by atoms with Gasteiger partial charge < -0.3 is 10.1 Å². The molecule has 0 unspecified atom stereocenters. The van der Waals surface area contributed by atoms with E-state index in [1.54, 1.807) is 12.4 Å². The van der Waals surface area contributed by atoms with Crippen LogP contribution >= 0.6 is 0 Å². The molecule has 0 radical (unpaired) electrons. The molecule has 1 N–H and O–H groups in total. The first-order valence-electron chi connectivity index (χ1n) is 7.29. The molecule has 2 rings (SSSR count). The van der Waals surface area contributed by atoms with Gasteiger partial charge in [-0.15, -0.1) is 0 Å². The summed E-state index contributed by atoms with van der Waals surface area (Å²) < 4.78 is 5.72. The molecule has 0 bridgehead atoms. The molecule has 1 heterocycles. The molecule has 22 heavy (non-hydrogen) atoms. The number of aromatic nitrogens is 1. The fourth-order valence-electron chi connectivity index (χ4n) is 1.94. The lowest BCUT2D eigenvalue weighted by atomic mass is 10.2. The van der Waals surface area contributed by atoms with E-state index in [0.717, 1.165) is 17.7 Å². The van der Waals surface area contributed by atoms with Gasteiger partial charge in [0.25, 0.3) is 5.91 Å². The summed E-state index contributed by atoms with van der Waals surface area (Å²) in [5.41, 5.74) is 2.43. The lowest BCUT2D eigenvalue weighted by molar-refractivity contribution is -0.112. The van der Waals surface area contributed by atoms with E-state index in [0.29, 0.717) is 17.9 Å². The van der Waals surface area contributed by atoms with Gasteiger partial charge in [-0.25, -0.2) is 0 Å². The first-order chi connectivity index (χ1) is 10.7. The number of ether oxygens (including phenoxy) is 1. The quantitative estimate of drug-likeness (QED) is 0.821. The molecule has 0 fully saturated rings. The summed E-state index contributed by atoms with van der Waals surface area (Å²) in [6, 6.07) is 11.2. The van der Waals surface area contributed by atoms with E-state index in [4.69, 9.17) is 4.74 Å². The van der Waals surface area contributed by atoms with Crippen molar-refractivity contribution in [2.24, 2.45) is 0 Å². The highest BCUT2D eigenvalue weighted by Gasteiger charge is 2.05. The third kappa shape index (κ3) is 4.74. The van der Waals surface area contributed by atoms with Crippen LogP contribution in [-0.4, -0.2) is 10.9 Å². The van der Waals surface area contributed by atoms with Gasteiger partial charge in [-0.3, -0.25) is 9.78 Å². The minimum absolute atomic E-state index is 0.0914. The van der Waals surface area contributed by atoms with Gasteiger partial charge in [-0.05, 0) is 31.5 Å². The zero-order valence-electron chi connectivity index (χ0n) is 12.9.